The lowest BCUT2D eigenvalue weighted by Gasteiger charge is -2.16. The van der Waals surface area contributed by atoms with E-state index >= 15 is 0 Å². The van der Waals surface area contributed by atoms with Crippen molar-refractivity contribution in [3.05, 3.63) is 75.7 Å². The summed E-state index contributed by atoms with van der Waals surface area (Å²) in [5.41, 5.74) is 9.56. The minimum Gasteiger partial charge on any atom is -0.454 e. The molecule has 0 fully saturated rings. The second-order valence-electron chi connectivity index (χ2n) is 6.80. The Balaban J connectivity index is 1.87. The largest absolute Gasteiger partial charge is 0.454 e. The highest BCUT2D eigenvalue weighted by Crippen LogP contribution is 2.38. The summed E-state index contributed by atoms with van der Waals surface area (Å²) in [6, 6.07) is 16.2. The number of benzene rings is 2. The number of aromatic nitrogens is 2. The molecule has 2 N–H and O–H groups in total. The highest BCUT2D eigenvalue weighted by atomic mass is 35.5. The second-order valence-corrected chi connectivity index (χ2v) is 7.23. The lowest BCUT2D eigenvalue weighted by atomic mass is 10.0. The van der Waals surface area contributed by atoms with Crippen LogP contribution in [0.15, 0.2) is 59.4 Å². The number of anilines is 1. The molecular formula is C22H16ClN3O3. The number of nitrogens with two attached hydrogens (primary N) is 1. The minimum absolute atomic E-state index is 0.157. The number of hydrogen-bond acceptors (Lipinski definition) is 5. The zero-order valence-electron chi connectivity index (χ0n) is 15.5. The van der Waals surface area contributed by atoms with Gasteiger partial charge in [-0.2, -0.15) is 0 Å². The van der Waals surface area contributed by atoms with Crippen molar-refractivity contribution in [2.24, 2.45) is 0 Å². The van der Waals surface area contributed by atoms with Crippen molar-refractivity contribution < 1.29 is 9.47 Å². The predicted molar refractivity (Wildman–Crippen MR) is 113 cm³/mol. The van der Waals surface area contributed by atoms with Crippen LogP contribution in [0.3, 0.4) is 0 Å². The molecule has 4 aromatic rings. The Morgan fingerprint density at radius 1 is 1.03 bits per heavy atom. The van der Waals surface area contributed by atoms with Crippen LogP contribution in [0.25, 0.3) is 27.8 Å². The number of rotatable bonds is 2. The maximum Gasteiger partial charge on any atom is 0.266 e. The molecule has 0 atom stereocenters. The van der Waals surface area contributed by atoms with Gasteiger partial charge in [-0.25, -0.2) is 4.98 Å². The van der Waals surface area contributed by atoms with E-state index in [0.717, 1.165) is 5.69 Å². The van der Waals surface area contributed by atoms with Crippen molar-refractivity contribution in [3.8, 4) is 28.3 Å². The summed E-state index contributed by atoms with van der Waals surface area (Å²) in [7, 11) is 0. The van der Waals surface area contributed by atoms with Crippen LogP contribution < -0.4 is 20.8 Å². The quantitative estimate of drug-likeness (QED) is 0.537. The maximum absolute atomic E-state index is 13.6. The van der Waals surface area contributed by atoms with Crippen LogP contribution in [0.2, 0.25) is 5.02 Å². The highest BCUT2D eigenvalue weighted by molar-refractivity contribution is 6.30. The van der Waals surface area contributed by atoms with Crippen LogP contribution in [0, 0.1) is 6.92 Å². The van der Waals surface area contributed by atoms with E-state index in [1.54, 1.807) is 47.0 Å². The maximum atomic E-state index is 13.6. The Morgan fingerprint density at radius 3 is 2.59 bits per heavy atom. The van der Waals surface area contributed by atoms with E-state index in [0.29, 0.717) is 50.1 Å². The van der Waals surface area contributed by atoms with Crippen LogP contribution in [0.5, 0.6) is 11.5 Å². The second kappa shape index (κ2) is 6.53. The summed E-state index contributed by atoms with van der Waals surface area (Å²) < 4.78 is 12.4. The predicted octanol–water partition coefficient (Wildman–Crippen LogP) is 4.33. The normalized spacial score (nSPS) is 12.5. The Hall–Kier alpha value is -3.51. The van der Waals surface area contributed by atoms with Crippen molar-refractivity contribution in [1.29, 1.82) is 0 Å². The van der Waals surface area contributed by atoms with E-state index in [1.165, 1.54) is 0 Å². The van der Waals surface area contributed by atoms with Crippen molar-refractivity contribution in [2.75, 3.05) is 12.5 Å². The Kier molecular flexibility index (Phi) is 3.96. The van der Waals surface area contributed by atoms with Crippen molar-refractivity contribution >= 4 is 28.3 Å². The summed E-state index contributed by atoms with van der Waals surface area (Å²) in [5, 5.41) is 1.28. The number of halogens is 1. The van der Waals surface area contributed by atoms with Crippen LogP contribution in [0.1, 0.15) is 5.69 Å². The number of ether oxygens (including phenoxy) is 2. The van der Waals surface area contributed by atoms with Crippen molar-refractivity contribution in [1.82, 2.24) is 9.55 Å². The molecule has 0 saturated carbocycles. The summed E-state index contributed by atoms with van der Waals surface area (Å²) in [5.74, 6) is 1.23. The van der Waals surface area contributed by atoms with Crippen LogP contribution in [0.4, 0.5) is 5.69 Å². The lowest BCUT2D eigenvalue weighted by molar-refractivity contribution is 0.174. The molecule has 0 saturated heterocycles. The third-order valence-corrected chi connectivity index (χ3v) is 5.20. The third-order valence-electron chi connectivity index (χ3n) is 4.95. The van der Waals surface area contributed by atoms with Crippen LogP contribution >= 0.6 is 11.6 Å². The van der Waals surface area contributed by atoms with E-state index in [9.17, 15) is 4.79 Å². The van der Waals surface area contributed by atoms with Crippen LogP contribution in [-0.2, 0) is 0 Å². The number of hydrogen-bond donors (Lipinski definition) is 1. The van der Waals surface area contributed by atoms with Gasteiger partial charge >= 0.3 is 0 Å². The molecule has 0 radical (unpaired) electrons. The first-order valence-electron chi connectivity index (χ1n) is 9.01. The molecule has 5 rings (SSSR count). The molecule has 1 aliphatic rings. The fourth-order valence-electron chi connectivity index (χ4n) is 3.54. The molecule has 2 aromatic heterocycles. The van der Waals surface area contributed by atoms with Gasteiger partial charge in [0.25, 0.3) is 5.56 Å². The monoisotopic (exact) mass is 405 g/mol. The van der Waals surface area contributed by atoms with Gasteiger partial charge in [0.05, 0.1) is 16.9 Å². The molecule has 7 heteroatoms. The number of pyridine rings is 2. The van der Waals surface area contributed by atoms with E-state index in [2.05, 4.69) is 4.98 Å². The fourth-order valence-corrected chi connectivity index (χ4v) is 3.67. The molecule has 29 heavy (non-hydrogen) atoms. The number of aryl methyl sites for hydroxylation is 1. The highest BCUT2D eigenvalue weighted by Gasteiger charge is 2.21. The molecule has 0 unspecified atom stereocenters. The number of fused-ring (bicyclic) bond motifs is 2. The first-order chi connectivity index (χ1) is 14.0. The Morgan fingerprint density at radius 2 is 1.79 bits per heavy atom. The SMILES string of the molecule is Cc1ccc2c(N)c(-c3ccc4c(c3)OCO4)c(=O)n(-c3ccc(Cl)cc3)c2n1. The fraction of sp³-hybridized carbons (Fsp3) is 0.0909. The molecule has 0 amide bonds. The molecular weight excluding hydrogens is 390 g/mol. The lowest BCUT2D eigenvalue weighted by Crippen LogP contribution is -2.23. The number of nitrogen functional groups attached to an aromatic ring is 1. The molecule has 0 spiro atoms. The zero-order valence-corrected chi connectivity index (χ0v) is 16.2. The summed E-state index contributed by atoms with van der Waals surface area (Å²) in [6.45, 7) is 2.03. The number of nitrogens with zero attached hydrogens (tertiary/aromatic N) is 2. The summed E-state index contributed by atoms with van der Waals surface area (Å²) in [6.07, 6.45) is 0. The molecule has 2 aromatic carbocycles. The molecule has 0 bridgehead atoms. The standard InChI is InChI=1S/C22H16ClN3O3/c1-12-2-8-16-20(24)19(13-3-9-17-18(10-13)29-11-28-17)22(27)26(21(16)25-12)15-6-4-14(23)5-7-15/h2-10H,11,24H2,1H3. The molecule has 6 nitrogen and oxygen atoms in total. The van der Waals surface area contributed by atoms with E-state index in [1.807, 2.05) is 19.1 Å². The van der Waals surface area contributed by atoms with Crippen molar-refractivity contribution in [3.63, 3.8) is 0 Å². The Labute approximate surface area is 171 Å². The van der Waals surface area contributed by atoms with Gasteiger partial charge in [-0.15, -0.1) is 0 Å². The van der Waals surface area contributed by atoms with Crippen LogP contribution in [-0.4, -0.2) is 16.3 Å². The molecule has 3 heterocycles. The Bertz CT molecular complexity index is 1330. The van der Waals surface area contributed by atoms with Crippen molar-refractivity contribution in [2.45, 2.75) is 6.92 Å². The topological polar surface area (TPSA) is 79.4 Å². The molecule has 0 aliphatic carbocycles. The summed E-state index contributed by atoms with van der Waals surface area (Å²) in [4.78, 5) is 18.2. The van der Waals surface area contributed by atoms with E-state index in [-0.39, 0.29) is 12.4 Å². The molecule has 144 valence electrons. The smallest absolute Gasteiger partial charge is 0.266 e. The van der Waals surface area contributed by atoms with E-state index < -0.39 is 0 Å². The minimum atomic E-state index is -0.269. The zero-order chi connectivity index (χ0) is 20.1. The van der Waals surface area contributed by atoms with Gasteiger partial charge in [-0.1, -0.05) is 17.7 Å². The third kappa shape index (κ3) is 2.80. The van der Waals surface area contributed by atoms with Gasteiger partial charge in [-0.3, -0.25) is 9.36 Å². The first-order valence-corrected chi connectivity index (χ1v) is 9.38. The van der Waals surface area contributed by atoms with Gasteiger partial charge in [0, 0.05) is 16.1 Å². The van der Waals surface area contributed by atoms with Gasteiger partial charge in [-0.05, 0) is 61.0 Å². The van der Waals surface area contributed by atoms with Gasteiger partial charge in [0.1, 0.15) is 5.65 Å². The molecule has 1 aliphatic heterocycles. The van der Waals surface area contributed by atoms with E-state index in [4.69, 9.17) is 26.8 Å². The first kappa shape index (κ1) is 17.6. The van der Waals surface area contributed by atoms with Gasteiger partial charge in [0.15, 0.2) is 11.5 Å². The van der Waals surface area contributed by atoms with Gasteiger partial charge in [0.2, 0.25) is 6.79 Å². The summed E-state index contributed by atoms with van der Waals surface area (Å²) >= 11 is 6.04. The average Bonchev–Trinajstić information content (AvgIpc) is 3.17. The van der Waals surface area contributed by atoms with Gasteiger partial charge < -0.3 is 15.2 Å². The average molecular weight is 406 g/mol.